The Bertz CT molecular complexity index is 411. The molecule has 0 radical (unpaired) electrons. The molecule has 0 heterocycles. The number of benzene rings is 1. The number of carboxylic acids is 1. The molecule has 0 spiro atoms. The quantitative estimate of drug-likeness (QED) is 0.886. The zero-order chi connectivity index (χ0) is 12.3. The number of nitrogens with two attached hydrogens (primary N) is 1. The molecule has 1 aromatic carbocycles. The minimum atomic E-state index is -1.15. The van der Waals surface area contributed by atoms with E-state index in [1.807, 2.05) is 0 Å². The van der Waals surface area contributed by atoms with Crippen molar-refractivity contribution in [2.24, 2.45) is 5.73 Å². The third kappa shape index (κ3) is 2.33. The SMILES string of the molecule is COc1ccc(C(CN)C(=O)O)c(F)c1Br. The Kier molecular flexibility index (Phi) is 4.26. The van der Waals surface area contributed by atoms with Gasteiger partial charge in [0.2, 0.25) is 0 Å². The molecule has 1 unspecified atom stereocenters. The summed E-state index contributed by atoms with van der Waals surface area (Å²) in [7, 11) is 1.40. The molecule has 88 valence electrons. The molecule has 1 aromatic rings. The van der Waals surface area contributed by atoms with Crippen molar-refractivity contribution in [1.82, 2.24) is 0 Å². The second-order valence-electron chi connectivity index (χ2n) is 3.11. The van der Waals surface area contributed by atoms with E-state index in [-0.39, 0.29) is 16.6 Å². The van der Waals surface area contributed by atoms with Gasteiger partial charge in [-0.2, -0.15) is 0 Å². The predicted molar refractivity (Wildman–Crippen MR) is 60.1 cm³/mol. The van der Waals surface area contributed by atoms with Crippen LogP contribution in [-0.2, 0) is 4.79 Å². The number of hydrogen-bond acceptors (Lipinski definition) is 3. The van der Waals surface area contributed by atoms with E-state index in [0.717, 1.165) is 0 Å². The molecule has 16 heavy (non-hydrogen) atoms. The van der Waals surface area contributed by atoms with Gasteiger partial charge in [0.15, 0.2) is 0 Å². The van der Waals surface area contributed by atoms with Crippen molar-refractivity contribution < 1.29 is 19.0 Å². The van der Waals surface area contributed by atoms with E-state index in [1.165, 1.54) is 19.2 Å². The predicted octanol–water partition coefficient (Wildman–Crippen LogP) is 1.72. The number of methoxy groups -OCH3 is 1. The highest BCUT2D eigenvalue weighted by molar-refractivity contribution is 9.10. The van der Waals surface area contributed by atoms with Gasteiger partial charge in [-0.15, -0.1) is 0 Å². The summed E-state index contributed by atoms with van der Waals surface area (Å²) in [5.74, 6) is -2.56. The van der Waals surface area contributed by atoms with Crippen LogP contribution >= 0.6 is 15.9 Å². The van der Waals surface area contributed by atoms with Crippen LogP contribution in [0.1, 0.15) is 11.5 Å². The fourth-order valence-electron chi connectivity index (χ4n) is 1.33. The Morgan fingerprint density at radius 2 is 2.31 bits per heavy atom. The number of ether oxygens (including phenoxy) is 1. The van der Waals surface area contributed by atoms with Crippen LogP contribution in [0, 0.1) is 5.82 Å². The van der Waals surface area contributed by atoms with Crippen LogP contribution in [0.25, 0.3) is 0 Å². The lowest BCUT2D eigenvalue weighted by Gasteiger charge is -2.13. The molecule has 0 bridgehead atoms. The maximum Gasteiger partial charge on any atom is 0.312 e. The van der Waals surface area contributed by atoms with Gasteiger partial charge in [-0.05, 0) is 22.0 Å². The molecule has 0 fully saturated rings. The van der Waals surface area contributed by atoms with E-state index >= 15 is 0 Å². The van der Waals surface area contributed by atoms with Crippen LogP contribution < -0.4 is 10.5 Å². The summed E-state index contributed by atoms with van der Waals surface area (Å²) in [5.41, 5.74) is 5.35. The van der Waals surface area contributed by atoms with Crippen molar-refractivity contribution in [1.29, 1.82) is 0 Å². The number of carboxylic acid groups (broad SMARTS) is 1. The fourth-order valence-corrected chi connectivity index (χ4v) is 1.86. The number of carbonyl (C=O) groups is 1. The van der Waals surface area contributed by atoms with Crippen molar-refractivity contribution in [2.45, 2.75) is 5.92 Å². The Labute approximate surface area is 100 Å². The van der Waals surface area contributed by atoms with Crippen LogP contribution in [0.4, 0.5) is 4.39 Å². The highest BCUT2D eigenvalue weighted by Crippen LogP contribution is 2.32. The van der Waals surface area contributed by atoms with E-state index < -0.39 is 17.7 Å². The molecule has 0 saturated heterocycles. The van der Waals surface area contributed by atoms with Gasteiger partial charge < -0.3 is 15.6 Å². The molecule has 0 aliphatic rings. The minimum absolute atomic E-state index is 0.0441. The van der Waals surface area contributed by atoms with Crippen molar-refractivity contribution in [2.75, 3.05) is 13.7 Å². The second kappa shape index (κ2) is 5.27. The van der Waals surface area contributed by atoms with Crippen LogP contribution in [0.2, 0.25) is 0 Å². The zero-order valence-corrected chi connectivity index (χ0v) is 10.1. The summed E-state index contributed by atoms with van der Waals surface area (Å²) in [6.07, 6.45) is 0. The van der Waals surface area contributed by atoms with Crippen molar-refractivity contribution in [3.05, 3.63) is 28.0 Å². The van der Waals surface area contributed by atoms with E-state index in [1.54, 1.807) is 0 Å². The van der Waals surface area contributed by atoms with E-state index in [9.17, 15) is 9.18 Å². The maximum atomic E-state index is 13.8. The molecule has 4 nitrogen and oxygen atoms in total. The summed E-state index contributed by atoms with van der Waals surface area (Å²) < 4.78 is 18.8. The van der Waals surface area contributed by atoms with Crippen molar-refractivity contribution in [3.8, 4) is 5.75 Å². The molecule has 3 N–H and O–H groups in total. The lowest BCUT2D eigenvalue weighted by atomic mass is 9.99. The Morgan fingerprint density at radius 1 is 1.69 bits per heavy atom. The van der Waals surface area contributed by atoms with E-state index in [2.05, 4.69) is 15.9 Å². The second-order valence-corrected chi connectivity index (χ2v) is 3.90. The summed E-state index contributed by atoms with van der Waals surface area (Å²) in [4.78, 5) is 10.9. The smallest absolute Gasteiger partial charge is 0.312 e. The van der Waals surface area contributed by atoms with E-state index in [0.29, 0.717) is 5.75 Å². The highest BCUT2D eigenvalue weighted by atomic mass is 79.9. The first-order valence-electron chi connectivity index (χ1n) is 4.47. The van der Waals surface area contributed by atoms with Crippen LogP contribution in [0.15, 0.2) is 16.6 Å². The van der Waals surface area contributed by atoms with Gasteiger partial charge >= 0.3 is 5.97 Å². The highest BCUT2D eigenvalue weighted by Gasteiger charge is 2.24. The molecule has 0 saturated carbocycles. The number of hydrogen-bond donors (Lipinski definition) is 2. The normalized spacial score (nSPS) is 12.2. The van der Waals surface area contributed by atoms with Gasteiger partial charge in [-0.3, -0.25) is 4.79 Å². The van der Waals surface area contributed by atoms with Gasteiger partial charge in [-0.25, -0.2) is 4.39 Å². The molecule has 0 aromatic heterocycles. The first-order chi connectivity index (χ1) is 7.52. The summed E-state index contributed by atoms with van der Waals surface area (Å²) in [6, 6.07) is 2.86. The average Bonchev–Trinajstić information content (AvgIpc) is 2.25. The molecular weight excluding hydrogens is 281 g/mol. The topological polar surface area (TPSA) is 72.5 Å². The number of rotatable bonds is 4. The Hall–Kier alpha value is -1.14. The van der Waals surface area contributed by atoms with Gasteiger partial charge in [-0.1, -0.05) is 6.07 Å². The van der Waals surface area contributed by atoms with Gasteiger partial charge in [0, 0.05) is 12.1 Å². The number of halogens is 2. The maximum absolute atomic E-state index is 13.8. The molecule has 6 heteroatoms. The summed E-state index contributed by atoms with van der Waals surface area (Å²) >= 11 is 3.00. The standard InChI is InChI=1S/C10H11BrFNO3/c1-16-7-3-2-5(9(12)8(7)11)6(4-13)10(14)15/h2-3,6H,4,13H2,1H3,(H,14,15). The van der Waals surface area contributed by atoms with Crippen LogP contribution in [-0.4, -0.2) is 24.7 Å². The van der Waals surface area contributed by atoms with Crippen LogP contribution in [0.5, 0.6) is 5.75 Å². The number of aliphatic carboxylic acids is 1. The monoisotopic (exact) mass is 291 g/mol. The van der Waals surface area contributed by atoms with Crippen LogP contribution in [0.3, 0.4) is 0 Å². The van der Waals surface area contributed by atoms with E-state index in [4.69, 9.17) is 15.6 Å². The third-order valence-electron chi connectivity index (χ3n) is 2.21. The molecule has 1 rings (SSSR count). The third-order valence-corrected chi connectivity index (χ3v) is 2.94. The molecular formula is C10H11BrFNO3. The zero-order valence-electron chi connectivity index (χ0n) is 8.54. The van der Waals surface area contributed by atoms with Crippen molar-refractivity contribution >= 4 is 21.9 Å². The molecule has 0 aliphatic heterocycles. The minimum Gasteiger partial charge on any atom is -0.495 e. The summed E-state index contributed by atoms with van der Waals surface area (Å²) in [5, 5.41) is 8.88. The lowest BCUT2D eigenvalue weighted by molar-refractivity contribution is -0.138. The van der Waals surface area contributed by atoms with Gasteiger partial charge in [0.25, 0.3) is 0 Å². The lowest BCUT2D eigenvalue weighted by Crippen LogP contribution is -2.22. The average molecular weight is 292 g/mol. The van der Waals surface area contributed by atoms with Gasteiger partial charge in [0.05, 0.1) is 17.5 Å². The molecule has 0 aliphatic carbocycles. The largest absolute Gasteiger partial charge is 0.495 e. The molecule has 1 atom stereocenters. The summed E-state index contributed by atoms with van der Waals surface area (Å²) in [6.45, 7) is -0.162. The van der Waals surface area contributed by atoms with Gasteiger partial charge in [0.1, 0.15) is 11.6 Å². The Morgan fingerprint density at radius 3 is 2.75 bits per heavy atom. The fraction of sp³-hybridized carbons (Fsp3) is 0.300. The first-order valence-corrected chi connectivity index (χ1v) is 5.27. The van der Waals surface area contributed by atoms with Crippen molar-refractivity contribution in [3.63, 3.8) is 0 Å². The molecule has 0 amide bonds. The first kappa shape index (κ1) is 12.9. The Balaban J connectivity index is 3.25.